The third-order valence-corrected chi connectivity index (χ3v) is 3.65. The number of carbonyl (C=O) groups excluding carboxylic acids is 1. The highest BCUT2D eigenvalue weighted by Crippen LogP contribution is 2.26. The van der Waals surface area contributed by atoms with Gasteiger partial charge in [0.2, 0.25) is 0 Å². The lowest BCUT2D eigenvalue weighted by Crippen LogP contribution is -2.27. The number of nitrogens with one attached hydrogen (secondary N) is 1. The smallest absolute Gasteiger partial charge is 0.255 e. The van der Waals surface area contributed by atoms with Gasteiger partial charge in [-0.1, -0.05) is 34.1 Å². The fourth-order valence-electron chi connectivity index (χ4n) is 2.07. The average Bonchev–Trinajstić information content (AvgIpc) is 2.49. The number of hydrogen-bond acceptors (Lipinski definition) is 3. The Bertz CT molecular complexity index is 658. The second kappa shape index (κ2) is 6.63. The summed E-state index contributed by atoms with van der Waals surface area (Å²) in [6.07, 6.45) is 0. The number of phenolic OH excluding ortho intramolecular Hbond substituents is 1. The molecule has 21 heavy (non-hydrogen) atoms. The summed E-state index contributed by atoms with van der Waals surface area (Å²) in [5, 5.41) is 12.6. The van der Waals surface area contributed by atoms with Gasteiger partial charge in [0.25, 0.3) is 5.91 Å². The van der Waals surface area contributed by atoms with E-state index in [1.165, 1.54) is 6.07 Å². The topological polar surface area (TPSA) is 58.6 Å². The number of phenols is 1. The van der Waals surface area contributed by atoms with E-state index in [0.29, 0.717) is 5.75 Å². The maximum Gasteiger partial charge on any atom is 0.255 e. The minimum atomic E-state index is -0.341. The van der Waals surface area contributed by atoms with E-state index in [1.807, 2.05) is 31.2 Å². The first-order valence-electron chi connectivity index (χ1n) is 6.45. The minimum Gasteiger partial charge on any atom is -0.507 e. The summed E-state index contributed by atoms with van der Waals surface area (Å²) in [4.78, 5) is 12.3. The molecule has 0 radical (unpaired) electrons. The largest absolute Gasteiger partial charge is 0.507 e. The van der Waals surface area contributed by atoms with E-state index in [9.17, 15) is 9.90 Å². The van der Waals surface area contributed by atoms with Gasteiger partial charge in [0, 0.05) is 10.0 Å². The SMILES string of the molecule is COc1ccccc1[C@H](C)NC(=O)c1cc(Br)ccc1O. The molecule has 2 rings (SSSR count). The number of aromatic hydroxyl groups is 1. The molecule has 2 N–H and O–H groups in total. The molecule has 0 aliphatic heterocycles. The van der Waals surface area contributed by atoms with Gasteiger partial charge in [0.1, 0.15) is 11.5 Å². The molecule has 2 aromatic rings. The monoisotopic (exact) mass is 349 g/mol. The molecule has 0 spiro atoms. The molecule has 0 aliphatic rings. The van der Waals surface area contributed by atoms with Crippen molar-refractivity contribution in [3.8, 4) is 11.5 Å². The highest BCUT2D eigenvalue weighted by Gasteiger charge is 2.17. The molecule has 110 valence electrons. The lowest BCUT2D eigenvalue weighted by molar-refractivity contribution is 0.0937. The molecule has 5 heteroatoms. The summed E-state index contributed by atoms with van der Waals surface area (Å²) in [7, 11) is 1.59. The molecule has 0 heterocycles. The fraction of sp³-hybridized carbons (Fsp3) is 0.188. The van der Waals surface area contributed by atoms with Gasteiger partial charge in [-0.15, -0.1) is 0 Å². The summed E-state index contributed by atoms with van der Waals surface area (Å²) in [5.41, 5.74) is 1.11. The predicted molar refractivity (Wildman–Crippen MR) is 84.7 cm³/mol. The van der Waals surface area contributed by atoms with Gasteiger partial charge >= 0.3 is 0 Å². The fourth-order valence-corrected chi connectivity index (χ4v) is 2.43. The third kappa shape index (κ3) is 3.55. The van der Waals surface area contributed by atoms with E-state index in [1.54, 1.807) is 19.2 Å². The number of halogens is 1. The van der Waals surface area contributed by atoms with Gasteiger partial charge in [-0.25, -0.2) is 0 Å². The first kappa shape index (κ1) is 15.4. The molecule has 1 amide bonds. The van der Waals surface area contributed by atoms with Crippen LogP contribution in [-0.2, 0) is 0 Å². The summed E-state index contributed by atoms with van der Waals surface area (Å²) in [6, 6.07) is 12.0. The van der Waals surface area contributed by atoms with E-state index in [-0.39, 0.29) is 23.3 Å². The number of rotatable bonds is 4. The zero-order valence-electron chi connectivity index (χ0n) is 11.8. The number of carbonyl (C=O) groups is 1. The normalized spacial score (nSPS) is 11.8. The van der Waals surface area contributed by atoms with Crippen LogP contribution in [0.25, 0.3) is 0 Å². The van der Waals surface area contributed by atoms with E-state index in [0.717, 1.165) is 10.0 Å². The van der Waals surface area contributed by atoms with E-state index in [2.05, 4.69) is 21.2 Å². The van der Waals surface area contributed by atoms with Gasteiger partial charge in [-0.2, -0.15) is 0 Å². The van der Waals surface area contributed by atoms with Crippen molar-refractivity contribution in [1.82, 2.24) is 5.32 Å². The first-order valence-corrected chi connectivity index (χ1v) is 7.24. The Labute approximate surface area is 131 Å². The van der Waals surface area contributed by atoms with Gasteiger partial charge in [-0.05, 0) is 31.2 Å². The van der Waals surface area contributed by atoms with Crippen LogP contribution < -0.4 is 10.1 Å². The Hall–Kier alpha value is -2.01. The van der Waals surface area contributed by atoms with Crippen molar-refractivity contribution in [3.05, 3.63) is 58.1 Å². The molecular formula is C16H16BrNO3. The van der Waals surface area contributed by atoms with E-state index < -0.39 is 0 Å². The van der Waals surface area contributed by atoms with Gasteiger partial charge < -0.3 is 15.2 Å². The van der Waals surface area contributed by atoms with Crippen LogP contribution in [0.4, 0.5) is 0 Å². The minimum absolute atomic E-state index is 0.0528. The van der Waals surface area contributed by atoms with E-state index >= 15 is 0 Å². The van der Waals surface area contributed by atoms with Crippen molar-refractivity contribution < 1.29 is 14.6 Å². The molecule has 2 aromatic carbocycles. The summed E-state index contributed by atoms with van der Waals surface area (Å²) in [5.74, 6) is 0.318. The van der Waals surface area contributed by atoms with Crippen molar-refractivity contribution in [3.63, 3.8) is 0 Å². The molecule has 0 unspecified atom stereocenters. The van der Waals surface area contributed by atoms with Crippen LogP contribution in [0.1, 0.15) is 28.9 Å². The van der Waals surface area contributed by atoms with Crippen LogP contribution in [0.15, 0.2) is 46.9 Å². The number of amides is 1. The molecule has 1 atom stereocenters. The molecule has 0 aliphatic carbocycles. The van der Waals surface area contributed by atoms with Crippen molar-refractivity contribution in [1.29, 1.82) is 0 Å². The van der Waals surface area contributed by atoms with Crippen LogP contribution in [-0.4, -0.2) is 18.1 Å². The highest BCUT2D eigenvalue weighted by molar-refractivity contribution is 9.10. The Morgan fingerprint density at radius 1 is 1.29 bits per heavy atom. The highest BCUT2D eigenvalue weighted by atomic mass is 79.9. The number of ether oxygens (including phenoxy) is 1. The lowest BCUT2D eigenvalue weighted by atomic mass is 10.1. The first-order chi connectivity index (χ1) is 10.0. The Morgan fingerprint density at radius 3 is 2.71 bits per heavy atom. The summed E-state index contributed by atoms with van der Waals surface area (Å²) >= 11 is 3.29. The quantitative estimate of drug-likeness (QED) is 0.885. The van der Waals surface area contributed by atoms with Crippen LogP contribution in [0.3, 0.4) is 0 Å². The predicted octanol–water partition coefficient (Wildman–Crippen LogP) is 3.65. The van der Waals surface area contributed by atoms with Crippen LogP contribution in [0.2, 0.25) is 0 Å². The van der Waals surface area contributed by atoms with Gasteiger partial charge in [0.05, 0.1) is 18.7 Å². The maximum absolute atomic E-state index is 12.3. The second-order valence-electron chi connectivity index (χ2n) is 4.60. The van der Waals surface area contributed by atoms with Crippen LogP contribution in [0.5, 0.6) is 11.5 Å². The average molecular weight is 350 g/mol. The number of benzene rings is 2. The molecule has 0 fully saturated rings. The molecule has 0 aromatic heterocycles. The Balaban J connectivity index is 2.21. The van der Waals surface area contributed by atoms with Gasteiger partial charge in [0.15, 0.2) is 0 Å². The molecular weight excluding hydrogens is 334 g/mol. The maximum atomic E-state index is 12.3. The van der Waals surface area contributed by atoms with Crippen LogP contribution >= 0.6 is 15.9 Å². The Morgan fingerprint density at radius 2 is 2.00 bits per heavy atom. The molecule has 0 saturated heterocycles. The summed E-state index contributed by atoms with van der Waals surface area (Å²) < 4.78 is 6.02. The van der Waals surface area contributed by atoms with Crippen molar-refractivity contribution >= 4 is 21.8 Å². The Kier molecular flexibility index (Phi) is 4.85. The molecule has 0 bridgehead atoms. The molecule has 4 nitrogen and oxygen atoms in total. The van der Waals surface area contributed by atoms with Crippen molar-refractivity contribution in [2.24, 2.45) is 0 Å². The third-order valence-electron chi connectivity index (χ3n) is 3.16. The number of hydrogen-bond donors (Lipinski definition) is 2. The van der Waals surface area contributed by atoms with Crippen LogP contribution in [0, 0.1) is 0 Å². The lowest BCUT2D eigenvalue weighted by Gasteiger charge is -2.17. The summed E-state index contributed by atoms with van der Waals surface area (Å²) in [6.45, 7) is 1.87. The second-order valence-corrected chi connectivity index (χ2v) is 5.51. The zero-order chi connectivity index (χ0) is 15.4. The zero-order valence-corrected chi connectivity index (χ0v) is 13.3. The standard InChI is InChI=1S/C16H16BrNO3/c1-10(12-5-3-4-6-15(12)21-2)18-16(20)13-9-11(17)7-8-14(13)19/h3-10,19H,1-2H3,(H,18,20)/t10-/m0/s1. The number of methoxy groups -OCH3 is 1. The molecule has 0 saturated carbocycles. The van der Waals surface area contributed by atoms with Crippen molar-refractivity contribution in [2.75, 3.05) is 7.11 Å². The number of para-hydroxylation sites is 1. The van der Waals surface area contributed by atoms with Crippen molar-refractivity contribution in [2.45, 2.75) is 13.0 Å². The van der Waals surface area contributed by atoms with E-state index in [4.69, 9.17) is 4.74 Å². The van der Waals surface area contributed by atoms with Gasteiger partial charge in [-0.3, -0.25) is 4.79 Å².